The summed E-state index contributed by atoms with van der Waals surface area (Å²) < 4.78 is 18.8. The number of carbonyl (C=O) groups excluding carboxylic acids is 3. The maximum Gasteiger partial charge on any atom is 0.355 e. The van der Waals surface area contributed by atoms with E-state index in [2.05, 4.69) is 4.98 Å². The lowest BCUT2D eigenvalue weighted by molar-refractivity contribution is -0.143. The van der Waals surface area contributed by atoms with E-state index in [9.17, 15) is 23.6 Å². The van der Waals surface area contributed by atoms with Gasteiger partial charge in [0, 0.05) is 12.6 Å². The highest BCUT2D eigenvalue weighted by molar-refractivity contribution is 5.92. The Hall–Kier alpha value is -2.75. The van der Waals surface area contributed by atoms with Crippen LogP contribution in [0.2, 0.25) is 0 Å². The van der Waals surface area contributed by atoms with Crippen molar-refractivity contribution in [3.05, 3.63) is 34.2 Å². The van der Waals surface area contributed by atoms with E-state index in [1.165, 1.54) is 23.1 Å². The lowest BCUT2D eigenvalue weighted by Crippen LogP contribution is -2.54. The number of H-pyrrole nitrogens is 1. The van der Waals surface area contributed by atoms with Gasteiger partial charge in [-0.15, -0.1) is 0 Å². The number of nitrogens with one attached hydrogen (secondary N) is 1. The number of hydrogen-bond donors (Lipinski definition) is 3. The van der Waals surface area contributed by atoms with Gasteiger partial charge in [-0.2, -0.15) is 0 Å². The molecule has 1 aromatic rings. The van der Waals surface area contributed by atoms with Crippen LogP contribution >= 0.6 is 0 Å². The van der Waals surface area contributed by atoms with Crippen molar-refractivity contribution in [2.24, 2.45) is 17.4 Å². The molecule has 0 aromatic carbocycles. The summed E-state index contributed by atoms with van der Waals surface area (Å²) in [5.74, 6) is -2.18. The largest absolute Gasteiger partial charge is 0.444 e. The van der Waals surface area contributed by atoms with Gasteiger partial charge < -0.3 is 26.1 Å². The summed E-state index contributed by atoms with van der Waals surface area (Å²) in [6.45, 7) is 0.399. The molecule has 1 aliphatic carbocycles. The van der Waals surface area contributed by atoms with E-state index in [0.717, 1.165) is 0 Å². The molecule has 3 rings (SSSR count). The van der Waals surface area contributed by atoms with Crippen molar-refractivity contribution < 1.29 is 23.5 Å². The quantitative estimate of drug-likeness (QED) is 0.577. The number of hydrogen-bond acceptors (Lipinski definition) is 6. The third-order valence-corrected chi connectivity index (χ3v) is 5.80. The first kappa shape index (κ1) is 21.0. The molecule has 0 bridgehead atoms. The van der Waals surface area contributed by atoms with Gasteiger partial charge in [-0.1, -0.05) is 6.07 Å². The summed E-state index contributed by atoms with van der Waals surface area (Å²) in [4.78, 5) is 52.1. The summed E-state index contributed by atoms with van der Waals surface area (Å²) in [6.07, 6.45) is 0.211. The second kappa shape index (κ2) is 8.32. The summed E-state index contributed by atoms with van der Waals surface area (Å²) in [5.41, 5.74) is 9.55. The molecule has 1 saturated carbocycles. The SMILES string of the molecule is NC(=O)C1(OC(=O)c2cccc(=O)[nH]2)CCC([C@H](N)C(=O)N2CCC(F)C2)CC1. The van der Waals surface area contributed by atoms with Gasteiger partial charge in [-0.05, 0) is 44.1 Å². The number of amides is 2. The minimum Gasteiger partial charge on any atom is -0.444 e. The Morgan fingerprint density at radius 1 is 1.24 bits per heavy atom. The second-order valence-electron chi connectivity index (χ2n) is 7.71. The van der Waals surface area contributed by atoms with Gasteiger partial charge in [-0.3, -0.25) is 14.4 Å². The number of aromatic amines is 1. The van der Waals surface area contributed by atoms with Gasteiger partial charge >= 0.3 is 5.97 Å². The van der Waals surface area contributed by atoms with E-state index in [1.54, 1.807) is 0 Å². The molecule has 158 valence electrons. The Morgan fingerprint density at radius 3 is 2.48 bits per heavy atom. The van der Waals surface area contributed by atoms with Crippen molar-refractivity contribution in [3.63, 3.8) is 0 Å². The molecule has 2 heterocycles. The Bertz CT molecular complexity index is 849. The van der Waals surface area contributed by atoms with Crippen molar-refractivity contribution in [2.75, 3.05) is 13.1 Å². The summed E-state index contributed by atoms with van der Waals surface area (Å²) in [5, 5.41) is 0. The average molecular weight is 408 g/mol. The summed E-state index contributed by atoms with van der Waals surface area (Å²) in [6, 6.07) is 3.20. The number of ether oxygens (including phenoxy) is 1. The lowest BCUT2D eigenvalue weighted by atomic mass is 9.75. The zero-order valence-electron chi connectivity index (χ0n) is 15.9. The second-order valence-corrected chi connectivity index (χ2v) is 7.71. The Morgan fingerprint density at radius 2 is 1.93 bits per heavy atom. The van der Waals surface area contributed by atoms with Crippen molar-refractivity contribution in [1.29, 1.82) is 0 Å². The normalized spacial score (nSPS) is 28.0. The summed E-state index contributed by atoms with van der Waals surface area (Å²) >= 11 is 0. The smallest absolute Gasteiger partial charge is 0.355 e. The molecule has 1 unspecified atom stereocenters. The number of nitrogens with zero attached hydrogens (tertiary/aromatic N) is 1. The maximum absolute atomic E-state index is 13.4. The van der Waals surface area contributed by atoms with Crippen molar-refractivity contribution in [2.45, 2.75) is 49.9 Å². The fourth-order valence-electron chi connectivity index (χ4n) is 3.99. The van der Waals surface area contributed by atoms with E-state index in [-0.39, 0.29) is 36.9 Å². The Kier molecular flexibility index (Phi) is 6.02. The van der Waals surface area contributed by atoms with Crippen LogP contribution in [0.25, 0.3) is 0 Å². The summed E-state index contributed by atoms with van der Waals surface area (Å²) in [7, 11) is 0. The van der Waals surface area contributed by atoms with Crippen LogP contribution in [-0.4, -0.2) is 58.6 Å². The van der Waals surface area contributed by atoms with Crippen molar-refractivity contribution in [1.82, 2.24) is 9.88 Å². The van der Waals surface area contributed by atoms with Gasteiger partial charge in [0.25, 0.3) is 5.91 Å². The number of nitrogens with two attached hydrogens (primary N) is 2. The number of halogens is 1. The molecule has 1 saturated heterocycles. The van der Waals surface area contributed by atoms with Crippen LogP contribution in [0, 0.1) is 5.92 Å². The number of pyridine rings is 1. The number of primary amides is 1. The van der Waals surface area contributed by atoms with E-state index in [4.69, 9.17) is 16.2 Å². The molecule has 29 heavy (non-hydrogen) atoms. The van der Waals surface area contributed by atoms with Crippen LogP contribution in [-0.2, 0) is 14.3 Å². The zero-order chi connectivity index (χ0) is 21.2. The highest BCUT2D eigenvalue weighted by Gasteiger charge is 2.46. The minimum absolute atomic E-state index is 0.0529. The van der Waals surface area contributed by atoms with E-state index >= 15 is 0 Å². The van der Waals surface area contributed by atoms with Gasteiger partial charge in [0.05, 0.1) is 12.6 Å². The van der Waals surface area contributed by atoms with E-state index < -0.39 is 35.3 Å². The van der Waals surface area contributed by atoms with Gasteiger partial charge in [0.1, 0.15) is 11.9 Å². The molecule has 2 fully saturated rings. The molecule has 2 aliphatic rings. The number of likely N-dealkylation sites (tertiary alicyclic amines) is 1. The van der Waals surface area contributed by atoms with Crippen molar-refractivity contribution >= 4 is 17.8 Å². The molecular formula is C19H25FN4O5. The van der Waals surface area contributed by atoms with Crippen molar-refractivity contribution in [3.8, 4) is 0 Å². The highest BCUT2D eigenvalue weighted by Crippen LogP contribution is 2.37. The lowest BCUT2D eigenvalue weighted by Gasteiger charge is -2.39. The van der Waals surface area contributed by atoms with Gasteiger partial charge in [0.15, 0.2) is 5.60 Å². The standard InChI is InChI=1S/C19H25FN4O5/c20-12-6-9-24(10-12)16(26)15(21)11-4-7-19(8-5-11,18(22)28)29-17(27)13-2-1-3-14(25)23-13/h1-3,11-12,15H,4-10,21H2,(H2,22,28)(H,23,25)/t11?,12?,15-,19?/m0/s1. The molecule has 1 aromatic heterocycles. The first-order valence-electron chi connectivity index (χ1n) is 9.63. The molecule has 1 aliphatic heterocycles. The van der Waals surface area contributed by atoms with Gasteiger partial charge in [-0.25, -0.2) is 9.18 Å². The van der Waals surface area contributed by atoms with Crippen LogP contribution in [0.1, 0.15) is 42.6 Å². The van der Waals surface area contributed by atoms with Crippen LogP contribution in [0.15, 0.2) is 23.0 Å². The fraction of sp³-hybridized carbons (Fsp3) is 0.579. The van der Waals surface area contributed by atoms with Crippen LogP contribution in [0.4, 0.5) is 4.39 Å². The van der Waals surface area contributed by atoms with E-state index in [1.807, 2.05) is 0 Å². The number of esters is 1. The highest BCUT2D eigenvalue weighted by atomic mass is 19.1. The molecule has 5 N–H and O–H groups in total. The van der Waals surface area contributed by atoms with Crippen LogP contribution < -0.4 is 17.0 Å². The first-order chi connectivity index (χ1) is 13.7. The number of rotatable bonds is 5. The molecule has 10 heteroatoms. The monoisotopic (exact) mass is 408 g/mol. The van der Waals surface area contributed by atoms with Gasteiger partial charge in [0.2, 0.25) is 11.5 Å². The predicted molar refractivity (Wildman–Crippen MR) is 100 cm³/mol. The third kappa shape index (κ3) is 4.47. The number of alkyl halides is 1. The zero-order valence-corrected chi connectivity index (χ0v) is 15.9. The molecule has 2 atom stereocenters. The van der Waals surface area contributed by atoms with E-state index in [0.29, 0.717) is 25.8 Å². The molecular weight excluding hydrogens is 383 g/mol. The molecule has 9 nitrogen and oxygen atoms in total. The number of aromatic nitrogens is 1. The molecule has 2 amide bonds. The fourth-order valence-corrected chi connectivity index (χ4v) is 3.99. The maximum atomic E-state index is 13.4. The topological polar surface area (TPSA) is 149 Å². The number of carbonyl (C=O) groups is 3. The minimum atomic E-state index is -1.53. The predicted octanol–water partition coefficient (Wildman–Crippen LogP) is -0.156. The Labute approximate surface area is 166 Å². The third-order valence-electron chi connectivity index (χ3n) is 5.80. The average Bonchev–Trinajstić information content (AvgIpc) is 3.13. The first-order valence-corrected chi connectivity index (χ1v) is 9.63. The Balaban J connectivity index is 1.65. The van der Waals surface area contributed by atoms with Crippen LogP contribution in [0.3, 0.4) is 0 Å². The van der Waals surface area contributed by atoms with Crippen LogP contribution in [0.5, 0.6) is 0 Å². The molecule has 0 spiro atoms. The molecule has 0 radical (unpaired) electrons.